The van der Waals surface area contributed by atoms with Gasteiger partial charge in [0.05, 0.1) is 15.6 Å². The predicted molar refractivity (Wildman–Crippen MR) is 117 cm³/mol. The Labute approximate surface area is 180 Å². The van der Waals surface area contributed by atoms with Gasteiger partial charge in [-0.1, -0.05) is 24.8 Å². The molecular formula is C20H16IN3O5. The molecule has 0 aromatic heterocycles. The average Bonchev–Trinajstić information content (AvgIpc) is 2.70. The first-order valence-electron chi connectivity index (χ1n) is 8.19. The van der Waals surface area contributed by atoms with Gasteiger partial charge in [-0.05, 0) is 52.4 Å². The van der Waals surface area contributed by atoms with Crippen LogP contribution in [0.3, 0.4) is 0 Å². The van der Waals surface area contributed by atoms with E-state index in [4.69, 9.17) is 9.47 Å². The van der Waals surface area contributed by atoms with E-state index in [2.05, 4.69) is 34.5 Å². The summed E-state index contributed by atoms with van der Waals surface area (Å²) in [6.07, 6.45) is 2.97. The van der Waals surface area contributed by atoms with Gasteiger partial charge in [0.15, 0.2) is 11.5 Å². The van der Waals surface area contributed by atoms with Crippen LogP contribution >= 0.6 is 22.6 Å². The van der Waals surface area contributed by atoms with E-state index in [-0.39, 0.29) is 16.9 Å². The molecule has 2 aromatic carbocycles. The standard InChI is InChI=1S/C20H16IN3O5/c1-3-8-29-19-15(21)10-13(11-18(19)28-2)9-14(12-22)20(25)23-16-6-4-5-7-17(16)24(26)27/h3-7,9-11H,1,8H2,2H3,(H,23,25)/b14-9-. The number of nitrogens with zero attached hydrogens (tertiary/aromatic N) is 2. The summed E-state index contributed by atoms with van der Waals surface area (Å²) < 4.78 is 11.6. The van der Waals surface area contributed by atoms with E-state index >= 15 is 0 Å². The topological polar surface area (TPSA) is 114 Å². The smallest absolute Gasteiger partial charge is 0.292 e. The molecule has 1 N–H and O–H groups in total. The van der Waals surface area contributed by atoms with Gasteiger partial charge < -0.3 is 14.8 Å². The Balaban J connectivity index is 2.35. The lowest BCUT2D eigenvalue weighted by Gasteiger charge is -2.12. The van der Waals surface area contributed by atoms with Crippen LogP contribution in [0.4, 0.5) is 11.4 Å². The number of methoxy groups -OCH3 is 1. The van der Waals surface area contributed by atoms with Crippen LogP contribution in [-0.4, -0.2) is 24.5 Å². The fraction of sp³-hybridized carbons (Fsp3) is 0.100. The van der Waals surface area contributed by atoms with Crippen molar-refractivity contribution in [2.24, 2.45) is 0 Å². The van der Waals surface area contributed by atoms with E-state index in [1.165, 1.54) is 31.4 Å². The third kappa shape index (κ3) is 5.55. The highest BCUT2D eigenvalue weighted by Gasteiger charge is 2.18. The summed E-state index contributed by atoms with van der Waals surface area (Å²) in [5.74, 6) is 0.192. The predicted octanol–water partition coefficient (Wildman–Crippen LogP) is 4.32. The molecule has 0 radical (unpaired) electrons. The minimum Gasteiger partial charge on any atom is -0.493 e. The number of carbonyl (C=O) groups excluding carboxylic acids is 1. The first-order valence-corrected chi connectivity index (χ1v) is 9.27. The lowest BCUT2D eigenvalue weighted by atomic mass is 10.1. The number of rotatable bonds is 8. The van der Waals surface area contributed by atoms with E-state index in [0.717, 1.165) is 0 Å². The number of amides is 1. The molecule has 0 aliphatic rings. The van der Waals surface area contributed by atoms with Gasteiger partial charge in [0.25, 0.3) is 11.6 Å². The van der Waals surface area contributed by atoms with Crippen molar-refractivity contribution in [2.75, 3.05) is 19.0 Å². The second-order valence-corrected chi connectivity index (χ2v) is 6.69. The molecule has 0 aliphatic carbocycles. The number of carbonyl (C=O) groups is 1. The minimum absolute atomic E-state index is 0.00369. The number of anilines is 1. The van der Waals surface area contributed by atoms with E-state index < -0.39 is 10.8 Å². The molecule has 0 unspecified atom stereocenters. The van der Waals surface area contributed by atoms with E-state index in [1.807, 2.05) is 6.07 Å². The van der Waals surface area contributed by atoms with Crippen molar-refractivity contribution < 1.29 is 19.2 Å². The Kier molecular flexibility index (Phi) is 7.73. The largest absolute Gasteiger partial charge is 0.493 e. The number of ether oxygens (including phenoxy) is 2. The molecule has 0 spiro atoms. The highest BCUT2D eigenvalue weighted by atomic mass is 127. The van der Waals surface area contributed by atoms with Gasteiger partial charge in [0.1, 0.15) is 23.9 Å². The Morgan fingerprint density at radius 1 is 1.41 bits per heavy atom. The van der Waals surface area contributed by atoms with Crippen LogP contribution in [0, 0.1) is 25.0 Å². The summed E-state index contributed by atoms with van der Waals surface area (Å²) >= 11 is 2.05. The molecule has 0 saturated heterocycles. The number of halogens is 1. The van der Waals surface area contributed by atoms with Crippen LogP contribution in [-0.2, 0) is 4.79 Å². The first-order chi connectivity index (χ1) is 13.9. The van der Waals surface area contributed by atoms with Crippen LogP contribution in [0.2, 0.25) is 0 Å². The number of hydrogen-bond acceptors (Lipinski definition) is 6. The maximum Gasteiger partial charge on any atom is 0.292 e. The molecule has 0 aliphatic heterocycles. The Hall–Kier alpha value is -3.39. The Morgan fingerprint density at radius 2 is 2.14 bits per heavy atom. The average molecular weight is 505 g/mol. The lowest BCUT2D eigenvalue weighted by molar-refractivity contribution is -0.383. The molecule has 0 fully saturated rings. The molecule has 148 valence electrons. The molecular weight excluding hydrogens is 489 g/mol. The number of nitriles is 1. The van der Waals surface area contributed by atoms with Gasteiger partial charge in [-0.25, -0.2) is 0 Å². The second-order valence-electron chi connectivity index (χ2n) is 5.53. The van der Waals surface area contributed by atoms with Gasteiger partial charge in [-0.2, -0.15) is 5.26 Å². The molecule has 29 heavy (non-hydrogen) atoms. The number of nitro groups is 1. The highest BCUT2D eigenvalue weighted by Crippen LogP contribution is 2.34. The number of para-hydroxylation sites is 2. The molecule has 0 saturated carbocycles. The fourth-order valence-corrected chi connectivity index (χ4v) is 3.13. The van der Waals surface area contributed by atoms with Crippen LogP contribution in [0.5, 0.6) is 11.5 Å². The van der Waals surface area contributed by atoms with Crippen LogP contribution in [0.15, 0.2) is 54.6 Å². The van der Waals surface area contributed by atoms with Gasteiger partial charge in [0, 0.05) is 6.07 Å². The van der Waals surface area contributed by atoms with Gasteiger partial charge in [0.2, 0.25) is 0 Å². The fourth-order valence-electron chi connectivity index (χ4n) is 2.35. The van der Waals surface area contributed by atoms with E-state index in [1.54, 1.807) is 24.3 Å². The van der Waals surface area contributed by atoms with Crippen molar-refractivity contribution in [3.63, 3.8) is 0 Å². The number of benzene rings is 2. The van der Waals surface area contributed by atoms with Crippen molar-refractivity contribution in [3.05, 3.63) is 73.9 Å². The third-order valence-corrected chi connectivity index (χ3v) is 4.42. The van der Waals surface area contributed by atoms with Gasteiger partial charge >= 0.3 is 0 Å². The zero-order chi connectivity index (χ0) is 21.4. The normalized spacial score (nSPS) is 10.6. The monoisotopic (exact) mass is 505 g/mol. The summed E-state index contributed by atoms with van der Waals surface area (Å²) in [4.78, 5) is 23.0. The summed E-state index contributed by atoms with van der Waals surface area (Å²) in [5.41, 5.74) is 0.0503. The molecule has 0 heterocycles. The van der Waals surface area contributed by atoms with E-state index in [0.29, 0.717) is 27.2 Å². The summed E-state index contributed by atoms with van der Waals surface area (Å²) in [6, 6.07) is 10.8. The molecule has 9 heteroatoms. The molecule has 0 atom stereocenters. The number of nitrogens with one attached hydrogen (secondary N) is 1. The van der Waals surface area contributed by atoms with Gasteiger partial charge in [-0.15, -0.1) is 0 Å². The lowest BCUT2D eigenvalue weighted by Crippen LogP contribution is -2.14. The molecule has 2 aromatic rings. The SMILES string of the molecule is C=CCOc1c(I)cc(/C=C(/C#N)C(=O)Nc2ccccc2[N+](=O)[O-])cc1OC. The van der Waals surface area contributed by atoms with E-state index in [9.17, 15) is 20.2 Å². The highest BCUT2D eigenvalue weighted by molar-refractivity contribution is 14.1. The summed E-state index contributed by atoms with van der Waals surface area (Å²) in [7, 11) is 1.48. The van der Waals surface area contributed by atoms with Crippen molar-refractivity contribution >= 4 is 45.9 Å². The second kappa shape index (κ2) is 10.2. The zero-order valence-electron chi connectivity index (χ0n) is 15.3. The first kappa shape index (κ1) is 21.9. The summed E-state index contributed by atoms with van der Waals surface area (Å²) in [6.45, 7) is 3.89. The van der Waals surface area contributed by atoms with Crippen LogP contribution < -0.4 is 14.8 Å². The zero-order valence-corrected chi connectivity index (χ0v) is 17.5. The van der Waals surface area contributed by atoms with Crippen molar-refractivity contribution in [1.29, 1.82) is 5.26 Å². The van der Waals surface area contributed by atoms with Crippen LogP contribution in [0.25, 0.3) is 6.08 Å². The summed E-state index contributed by atoms with van der Waals surface area (Å²) in [5, 5.41) is 22.9. The maximum absolute atomic E-state index is 12.5. The molecule has 2 rings (SSSR count). The van der Waals surface area contributed by atoms with Crippen molar-refractivity contribution in [2.45, 2.75) is 0 Å². The molecule has 8 nitrogen and oxygen atoms in total. The van der Waals surface area contributed by atoms with Crippen molar-refractivity contribution in [3.8, 4) is 17.6 Å². The van der Waals surface area contributed by atoms with Crippen molar-refractivity contribution in [1.82, 2.24) is 0 Å². The number of nitro benzene ring substituents is 1. The molecule has 1 amide bonds. The van der Waals surface area contributed by atoms with Crippen LogP contribution in [0.1, 0.15) is 5.56 Å². The van der Waals surface area contributed by atoms with Gasteiger partial charge in [-0.3, -0.25) is 14.9 Å². The Morgan fingerprint density at radius 3 is 2.76 bits per heavy atom. The quantitative estimate of drug-likeness (QED) is 0.143. The maximum atomic E-state index is 12.5. The molecule has 0 bridgehead atoms. The number of hydrogen-bond donors (Lipinski definition) is 1. The Bertz CT molecular complexity index is 1030. The minimum atomic E-state index is -0.761. The third-order valence-electron chi connectivity index (χ3n) is 3.62.